The van der Waals surface area contributed by atoms with E-state index in [0.29, 0.717) is 41.8 Å². The highest BCUT2D eigenvalue weighted by atomic mass is 16.5. The lowest BCUT2D eigenvalue weighted by molar-refractivity contribution is -0.111. The Morgan fingerprint density at radius 2 is 2.12 bits per heavy atom. The summed E-state index contributed by atoms with van der Waals surface area (Å²) in [6, 6.07) is 15.4. The molecular weight excluding hydrogens is 404 g/mol. The molecular formula is C24H24N6O2. The molecule has 1 amide bonds. The van der Waals surface area contributed by atoms with Crippen molar-refractivity contribution >= 4 is 23.6 Å². The third-order valence-corrected chi connectivity index (χ3v) is 5.02. The van der Waals surface area contributed by atoms with Gasteiger partial charge in [-0.15, -0.1) is 0 Å². The molecule has 0 saturated heterocycles. The lowest BCUT2D eigenvalue weighted by Gasteiger charge is -2.18. The predicted molar refractivity (Wildman–Crippen MR) is 125 cm³/mol. The summed E-state index contributed by atoms with van der Waals surface area (Å²) < 4.78 is 6.04. The highest BCUT2D eigenvalue weighted by Crippen LogP contribution is 2.34. The van der Waals surface area contributed by atoms with E-state index in [4.69, 9.17) is 10.5 Å². The highest BCUT2D eigenvalue weighted by molar-refractivity contribution is 5.98. The van der Waals surface area contributed by atoms with E-state index in [1.165, 1.54) is 23.5 Å². The zero-order chi connectivity index (χ0) is 22.5. The summed E-state index contributed by atoms with van der Waals surface area (Å²) >= 11 is 0. The Morgan fingerprint density at radius 1 is 1.28 bits per heavy atom. The molecule has 1 unspecified atom stereocenters. The van der Waals surface area contributed by atoms with Crippen molar-refractivity contribution in [3.8, 4) is 11.6 Å². The van der Waals surface area contributed by atoms with Crippen molar-refractivity contribution in [2.24, 2.45) is 5.10 Å². The van der Waals surface area contributed by atoms with Crippen molar-refractivity contribution in [2.75, 3.05) is 17.6 Å². The molecule has 0 saturated carbocycles. The van der Waals surface area contributed by atoms with E-state index in [9.17, 15) is 4.79 Å². The largest absolute Gasteiger partial charge is 0.438 e. The van der Waals surface area contributed by atoms with Crippen LogP contribution in [0.4, 0.5) is 11.5 Å². The average molecular weight is 428 g/mol. The Bertz CT molecular complexity index is 1180. The maximum absolute atomic E-state index is 11.6. The topological polar surface area (TPSA) is 106 Å². The highest BCUT2D eigenvalue weighted by Gasteiger charge is 2.26. The number of amides is 1. The number of rotatable bonds is 7. The summed E-state index contributed by atoms with van der Waals surface area (Å²) in [6.07, 6.45) is 4.42. The first-order valence-corrected chi connectivity index (χ1v) is 10.2. The third-order valence-electron chi connectivity index (χ3n) is 5.02. The number of anilines is 2. The van der Waals surface area contributed by atoms with Gasteiger partial charge in [-0.2, -0.15) is 5.10 Å². The number of nitrogens with two attached hydrogens (primary N) is 1. The van der Waals surface area contributed by atoms with Crippen LogP contribution in [0.2, 0.25) is 0 Å². The Kier molecular flexibility index (Phi) is 6.12. The molecule has 0 bridgehead atoms. The number of hydrogen-bond donors (Lipinski definition) is 2. The number of hydrazone groups is 1. The number of aryl methyl sites for hydroxylation is 1. The van der Waals surface area contributed by atoms with Gasteiger partial charge < -0.3 is 15.8 Å². The van der Waals surface area contributed by atoms with E-state index < -0.39 is 0 Å². The number of nitrogens with zero attached hydrogens (tertiary/aromatic N) is 4. The lowest BCUT2D eigenvalue weighted by atomic mass is 10.0. The van der Waals surface area contributed by atoms with Crippen LogP contribution in [0.5, 0.6) is 11.6 Å². The summed E-state index contributed by atoms with van der Waals surface area (Å²) in [5, 5.41) is 9.25. The van der Waals surface area contributed by atoms with Crippen molar-refractivity contribution in [2.45, 2.75) is 19.4 Å². The zero-order valence-electron chi connectivity index (χ0n) is 17.7. The van der Waals surface area contributed by atoms with Crippen LogP contribution < -0.4 is 15.8 Å². The molecule has 0 aliphatic carbocycles. The maximum atomic E-state index is 11.6. The molecule has 1 aliphatic rings. The average Bonchev–Trinajstić information content (AvgIpc) is 3.22. The van der Waals surface area contributed by atoms with Crippen LogP contribution in [-0.2, 0) is 11.3 Å². The molecule has 0 spiro atoms. The predicted octanol–water partition coefficient (Wildman–Crippen LogP) is 3.87. The van der Waals surface area contributed by atoms with E-state index in [-0.39, 0.29) is 11.8 Å². The number of hydrogen-bond acceptors (Lipinski definition) is 7. The van der Waals surface area contributed by atoms with Gasteiger partial charge in [0.05, 0.1) is 12.1 Å². The Morgan fingerprint density at radius 3 is 2.94 bits per heavy atom. The maximum Gasteiger partial charge on any atom is 0.247 e. The van der Waals surface area contributed by atoms with Gasteiger partial charge >= 0.3 is 0 Å². The van der Waals surface area contributed by atoms with Crippen LogP contribution in [0.25, 0.3) is 0 Å². The number of carbonyl (C=O) groups is 1. The minimum absolute atomic E-state index is 0.111. The Hall–Kier alpha value is -4.20. The van der Waals surface area contributed by atoms with Gasteiger partial charge in [-0.05, 0) is 30.7 Å². The van der Waals surface area contributed by atoms with Gasteiger partial charge in [0.15, 0.2) is 0 Å². The van der Waals surface area contributed by atoms with Crippen LogP contribution in [0.15, 0.2) is 72.6 Å². The normalized spacial score (nSPS) is 14.9. The second-order valence-electron chi connectivity index (χ2n) is 7.51. The summed E-state index contributed by atoms with van der Waals surface area (Å²) in [6.45, 7) is 6.87. The summed E-state index contributed by atoms with van der Waals surface area (Å²) in [7, 11) is 0. The van der Waals surface area contributed by atoms with Crippen molar-refractivity contribution in [3.63, 3.8) is 0 Å². The molecule has 162 valence electrons. The van der Waals surface area contributed by atoms with E-state index in [1.54, 1.807) is 24.3 Å². The van der Waals surface area contributed by atoms with Crippen LogP contribution >= 0.6 is 0 Å². The number of benzene rings is 2. The van der Waals surface area contributed by atoms with Crippen LogP contribution in [0.1, 0.15) is 22.6 Å². The molecule has 8 heteroatoms. The van der Waals surface area contributed by atoms with Gasteiger partial charge in [-0.3, -0.25) is 9.80 Å². The Balaban J connectivity index is 1.52. The van der Waals surface area contributed by atoms with E-state index in [0.717, 1.165) is 0 Å². The SMILES string of the molecule is C=CC(=O)Nc1cccc(Oc2ncnc(N)c2C2C=NN(Cc3cccc(C)c3)C2)c1. The fraction of sp³-hybridized carbons (Fsp3) is 0.167. The summed E-state index contributed by atoms with van der Waals surface area (Å²) in [4.78, 5) is 20.0. The molecule has 2 aromatic carbocycles. The molecule has 8 nitrogen and oxygen atoms in total. The van der Waals surface area contributed by atoms with Gasteiger partial charge in [-0.25, -0.2) is 9.97 Å². The molecule has 1 atom stereocenters. The lowest BCUT2D eigenvalue weighted by Crippen LogP contribution is -2.19. The molecule has 3 N–H and O–H groups in total. The second-order valence-corrected chi connectivity index (χ2v) is 7.51. The monoisotopic (exact) mass is 428 g/mol. The van der Waals surface area contributed by atoms with Gasteiger partial charge in [0.25, 0.3) is 0 Å². The Labute approximate surface area is 186 Å². The minimum Gasteiger partial charge on any atom is -0.438 e. The molecule has 0 radical (unpaired) electrons. The number of nitrogens with one attached hydrogen (secondary N) is 1. The molecule has 4 rings (SSSR count). The van der Waals surface area contributed by atoms with E-state index in [2.05, 4.69) is 52.1 Å². The smallest absolute Gasteiger partial charge is 0.247 e. The minimum atomic E-state index is -0.301. The standard InChI is InChI=1S/C24H24N6O2/c1-3-21(31)29-19-8-5-9-20(11-19)32-24-22(23(25)26-15-27-24)18-12-28-30(14-18)13-17-7-4-6-16(2)10-17/h3-12,15,18H,1,13-14H2,2H3,(H,29,31)(H2,25,26,27). The number of carbonyl (C=O) groups excluding carboxylic acids is 1. The fourth-order valence-electron chi connectivity index (χ4n) is 3.55. The van der Waals surface area contributed by atoms with Crippen LogP contribution in [-0.4, -0.2) is 33.6 Å². The van der Waals surface area contributed by atoms with E-state index >= 15 is 0 Å². The summed E-state index contributed by atoms with van der Waals surface area (Å²) in [5.41, 5.74) is 9.88. The van der Waals surface area contributed by atoms with Gasteiger partial charge in [0, 0.05) is 30.4 Å². The molecule has 32 heavy (non-hydrogen) atoms. The quantitative estimate of drug-likeness (QED) is 0.554. The molecule has 2 heterocycles. The second kappa shape index (κ2) is 9.30. The fourth-order valence-corrected chi connectivity index (χ4v) is 3.55. The third kappa shape index (κ3) is 4.92. The first-order chi connectivity index (χ1) is 15.5. The summed E-state index contributed by atoms with van der Waals surface area (Å²) in [5.74, 6) is 0.806. The molecule has 3 aromatic rings. The van der Waals surface area contributed by atoms with Gasteiger partial charge in [-0.1, -0.05) is 42.5 Å². The van der Waals surface area contributed by atoms with Crippen molar-refractivity contribution in [1.29, 1.82) is 0 Å². The van der Waals surface area contributed by atoms with E-state index in [1.807, 2.05) is 17.3 Å². The zero-order valence-corrected chi connectivity index (χ0v) is 17.7. The first-order valence-electron chi connectivity index (χ1n) is 10.2. The number of aromatic nitrogens is 2. The van der Waals surface area contributed by atoms with Crippen LogP contribution in [0, 0.1) is 6.92 Å². The molecule has 0 fully saturated rings. The van der Waals surface area contributed by atoms with Crippen molar-refractivity contribution in [3.05, 3.63) is 84.2 Å². The van der Waals surface area contributed by atoms with Gasteiger partial charge in [0.2, 0.25) is 11.8 Å². The number of nitrogen functional groups attached to an aromatic ring is 1. The number of ether oxygens (including phenoxy) is 1. The van der Waals surface area contributed by atoms with Crippen molar-refractivity contribution < 1.29 is 9.53 Å². The van der Waals surface area contributed by atoms with Crippen molar-refractivity contribution in [1.82, 2.24) is 15.0 Å². The van der Waals surface area contributed by atoms with Crippen LogP contribution in [0.3, 0.4) is 0 Å². The first kappa shape index (κ1) is 21.0. The van der Waals surface area contributed by atoms with Gasteiger partial charge in [0.1, 0.15) is 17.9 Å². The molecule has 1 aromatic heterocycles. The molecule has 1 aliphatic heterocycles.